The van der Waals surface area contributed by atoms with Crippen LogP contribution in [-0.2, 0) is 0 Å². The van der Waals surface area contributed by atoms with Crippen LogP contribution in [0.2, 0.25) is 0 Å². The molecule has 0 N–H and O–H groups in total. The normalized spacial score (nSPS) is 18.6. The summed E-state index contributed by atoms with van der Waals surface area (Å²) in [6, 6.07) is 10.9. The van der Waals surface area contributed by atoms with Crippen LogP contribution in [0.15, 0.2) is 36.5 Å². The molecule has 2 heteroatoms. The maximum absolute atomic E-state index is 4.37. The van der Waals surface area contributed by atoms with Gasteiger partial charge < -0.3 is 4.90 Å². The Balaban J connectivity index is 1.90. The fraction of sp³-hybridized carbons (Fsp3) is 0.400. The molecule has 1 fully saturated rings. The molecule has 1 aliphatic heterocycles. The summed E-state index contributed by atoms with van der Waals surface area (Å²) in [4.78, 5) is 6.79. The maximum atomic E-state index is 4.37. The molecule has 1 aromatic heterocycles. The summed E-state index contributed by atoms with van der Waals surface area (Å²) in [6.07, 6.45) is 4.42. The van der Waals surface area contributed by atoms with E-state index >= 15 is 0 Å². The number of rotatable bonds is 1. The molecule has 1 saturated heterocycles. The van der Waals surface area contributed by atoms with Gasteiger partial charge in [-0.3, -0.25) is 4.98 Å². The summed E-state index contributed by atoms with van der Waals surface area (Å²) in [5, 5.41) is 1.27. The summed E-state index contributed by atoms with van der Waals surface area (Å²) in [6.45, 7) is 2.44. The highest BCUT2D eigenvalue weighted by molar-refractivity contribution is 5.79. The number of aromatic nitrogens is 1. The smallest absolute Gasteiger partial charge is 0.0702 e. The molecule has 17 heavy (non-hydrogen) atoms. The van der Waals surface area contributed by atoms with E-state index in [2.05, 4.69) is 41.2 Å². The van der Waals surface area contributed by atoms with Crippen LogP contribution < -0.4 is 0 Å². The van der Waals surface area contributed by atoms with Crippen LogP contribution in [0.5, 0.6) is 0 Å². The zero-order chi connectivity index (χ0) is 11.7. The number of piperidine rings is 1. The van der Waals surface area contributed by atoms with E-state index in [1.54, 1.807) is 0 Å². The Morgan fingerprint density at radius 3 is 2.82 bits per heavy atom. The minimum atomic E-state index is 0.732. The van der Waals surface area contributed by atoms with E-state index in [4.69, 9.17) is 0 Å². The van der Waals surface area contributed by atoms with Crippen molar-refractivity contribution in [2.75, 3.05) is 20.1 Å². The Morgan fingerprint density at radius 1 is 1.18 bits per heavy atom. The van der Waals surface area contributed by atoms with Gasteiger partial charge in [0.25, 0.3) is 0 Å². The largest absolute Gasteiger partial charge is 0.306 e. The number of nitrogens with zero attached hydrogens (tertiary/aromatic N) is 2. The molecule has 0 spiro atoms. The highest BCUT2D eigenvalue weighted by atomic mass is 15.1. The summed E-state index contributed by atoms with van der Waals surface area (Å²) in [7, 11) is 2.21. The highest BCUT2D eigenvalue weighted by Gasteiger charge is 2.18. The molecule has 2 nitrogen and oxygen atoms in total. The molecule has 0 bridgehead atoms. The minimum absolute atomic E-state index is 0.732. The van der Waals surface area contributed by atoms with Crippen LogP contribution >= 0.6 is 0 Å². The molecule has 0 atom stereocenters. The van der Waals surface area contributed by atoms with Crippen molar-refractivity contribution in [3.05, 3.63) is 42.1 Å². The Hall–Kier alpha value is -1.41. The van der Waals surface area contributed by atoms with Crippen molar-refractivity contribution in [2.24, 2.45) is 0 Å². The first-order valence-corrected chi connectivity index (χ1v) is 6.36. The predicted octanol–water partition coefficient (Wildman–Crippen LogP) is 3.04. The van der Waals surface area contributed by atoms with Crippen LogP contribution in [0, 0.1) is 0 Å². The summed E-state index contributed by atoms with van der Waals surface area (Å²) >= 11 is 0. The zero-order valence-corrected chi connectivity index (χ0v) is 10.3. The molecular formula is C15H18N2. The van der Waals surface area contributed by atoms with Crippen molar-refractivity contribution in [3.63, 3.8) is 0 Å². The molecule has 1 aliphatic rings. The van der Waals surface area contributed by atoms with E-state index in [1.807, 2.05) is 12.3 Å². The summed E-state index contributed by atoms with van der Waals surface area (Å²) in [5.74, 6) is 0.732. The quantitative estimate of drug-likeness (QED) is 0.743. The minimum Gasteiger partial charge on any atom is -0.306 e. The topological polar surface area (TPSA) is 16.1 Å². The van der Waals surface area contributed by atoms with Gasteiger partial charge in [0.2, 0.25) is 0 Å². The second kappa shape index (κ2) is 4.46. The van der Waals surface area contributed by atoms with Crippen LogP contribution in [0.3, 0.4) is 0 Å². The van der Waals surface area contributed by atoms with Crippen molar-refractivity contribution < 1.29 is 0 Å². The molecule has 0 amide bonds. The standard InChI is InChI=1S/C15H18N2/c1-17-9-6-12(7-10-17)13-4-5-15-14(11-13)3-2-8-16-15/h2-5,8,11-12H,6-7,9-10H2,1H3. The fourth-order valence-corrected chi connectivity index (χ4v) is 2.69. The average Bonchev–Trinajstić information content (AvgIpc) is 2.39. The van der Waals surface area contributed by atoms with Gasteiger partial charge >= 0.3 is 0 Å². The van der Waals surface area contributed by atoms with Crippen molar-refractivity contribution in [3.8, 4) is 0 Å². The SMILES string of the molecule is CN1CCC(c2ccc3ncccc3c2)CC1. The number of fused-ring (bicyclic) bond motifs is 1. The third-order valence-corrected chi connectivity index (χ3v) is 3.82. The molecule has 2 heterocycles. The van der Waals surface area contributed by atoms with Gasteiger partial charge in [0.05, 0.1) is 5.52 Å². The van der Waals surface area contributed by atoms with E-state index in [0.717, 1.165) is 11.4 Å². The van der Waals surface area contributed by atoms with Crippen molar-refractivity contribution >= 4 is 10.9 Å². The molecule has 0 unspecified atom stereocenters. The average molecular weight is 226 g/mol. The van der Waals surface area contributed by atoms with Gasteiger partial charge in [0, 0.05) is 11.6 Å². The molecule has 0 saturated carbocycles. The van der Waals surface area contributed by atoms with Gasteiger partial charge in [-0.15, -0.1) is 0 Å². The third kappa shape index (κ3) is 2.18. The fourth-order valence-electron chi connectivity index (χ4n) is 2.69. The second-order valence-electron chi connectivity index (χ2n) is 5.03. The lowest BCUT2D eigenvalue weighted by Crippen LogP contribution is -2.29. The molecule has 3 rings (SSSR count). The monoisotopic (exact) mass is 226 g/mol. The van der Waals surface area contributed by atoms with E-state index in [1.165, 1.54) is 36.9 Å². The van der Waals surface area contributed by atoms with Crippen LogP contribution in [0.4, 0.5) is 0 Å². The molecular weight excluding hydrogens is 208 g/mol. The Bertz CT molecular complexity index is 513. The van der Waals surface area contributed by atoms with Crippen LogP contribution in [0.25, 0.3) is 10.9 Å². The molecule has 0 radical (unpaired) electrons. The van der Waals surface area contributed by atoms with E-state index in [-0.39, 0.29) is 0 Å². The van der Waals surface area contributed by atoms with E-state index < -0.39 is 0 Å². The van der Waals surface area contributed by atoms with E-state index in [0.29, 0.717) is 0 Å². The molecule has 1 aromatic carbocycles. The Labute approximate surface area is 102 Å². The molecule has 0 aliphatic carbocycles. The lowest BCUT2D eigenvalue weighted by molar-refractivity contribution is 0.255. The van der Waals surface area contributed by atoms with Gasteiger partial charge in [0.15, 0.2) is 0 Å². The predicted molar refractivity (Wildman–Crippen MR) is 71.2 cm³/mol. The third-order valence-electron chi connectivity index (χ3n) is 3.82. The van der Waals surface area contributed by atoms with E-state index in [9.17, 15) is 0 Å². The lowest BCUT2D eigenvalue weighted by atomic mass is 9.89. The van der Waals surface area contributed by atoms with Gasteiger partial charge in [-0.1, -0.05) is 12.1 Å². The number of hydrogen-bond donors (Lipinski definition) is 0. The molecule has 88 valence electrons. The summed E-state index contributed by atoms with van der Waals surface area (Å²) in [5.41, 5.74) is 2.59. The van der Waals surface area contributed by atoms with Crippen molar-refractivity contribution in [2.45, 2.75) is 18.8 Å². The first-order valence-electron chi connectivity index (χ1n) is 6.36. The van der Waals surface area contributed by atoms with Crippen molar-refractivity contribution in [1.82, 2.24) is 9.88 Å². The lowest BCUT2D eigenvalue weighted by Gasteiger charge is -2.29. The number of hydrogen-bond acceptors (Lipinski definition) is 2. The van der Waals surface area contributed by atoms with Crippen molar-refractivity contribution in [1.29, 1.82) is 0 Å². The highest BCUT2D eigenvalue weighted by Crippen LogP contribution is 2.29. The van der Waals surface area contributed by atoms with Gasteiger partial charge in [-0.2, -0.15) is 0 Å². The number of benzene rings is 1. The van der Waals surface area contributed by atoms with Gasteiger partial charge in [-0.05, 0) is 62.7 Å². The Kier molecular flexibility index (Phi) is 2.81. The van der Waals surface area contributed by atoms with Crippen LogP contribution in [-0.4, -0.2) is 30.0 Å². The summed E-state index contributed by atoms with van der Waals surface area (Å²) < 4.78 is 0. The first kappa shape index (κ1) is 10.7. The second-order valence-corrected chi connectivity index (χ2v) is 5.03. The first-order chi connectivity index (χ1) is 8.33. The maximum Gasteiger partial charge on any atom is 0.0702 e. The van der Waals surface area contributed by atoms with Gasteiger partial charge in [-0.25, -0.2) is 0 Å². The number of likely N-dealkylation sites (tertiary alicyclic amines) is 1. The van der Waals surface area contributed by atoms with Crippen LogP contribution in [0.1, 0.15) is 24.3 Å². The van der Waals surface area contributed by atoms with Gasteiger partial charge in [0.1, 0.15) is 0 Å². The number of pyridine rings is 1. The Morgan fingerprint density at radius 2 is 2.00 bits per heavy atom. The molecule has 2 aromatic rings. The zero-order valence-electron chi connectivity index (χ0n) is 10.3.